The van der Waals surface area contributed by atoms with E-state index in [1.807, 2.05) is 21.6 Å². The van der Waals surface area contributed by atoms with E-state index in [0.717, 1.165) is 52.4 Å². The lowest BCUT2D eigenvalue weighted by molar-refractivity contribution is -0.527. The molecule has 0 aromatic heterocycles. The second-order valence-corrected chi connectivity index (χ2v) is 8.26. The Morgan fingerprint density at radius 3 is 1.74 bits per heavy atom. The van der Waals surface area contributed by atoms with Gasteiger partial charge < -0.3 is 0 Å². The standard InChI is InChI=1S/C16H35N5S2/c1-7-19(8-2)11-13-21(14-12-20(9-3)10-4)16-17-15(18(5)6)22-23-16/h15H,7-14H2,1-6H3/p+1. The molecule has 1 N–H and O–H groups in total. The molecule has 1 atom stereocenters. The second kappa shape index (κ2) is 11.6. The van der Waals surface area contributed by atoms with Gasteiger partial charge in [-0.15, -0.1) is 0 Å². The van der Waals surface area contributed by atoms with Crippen molar-refractivity contribution in [2.75, 3.05) is 66.5 Å². The maximum absolute atomic E-state index is 3.67. The zero-order valence-electron chi connectivity index (χ0n) is 15.8. The van der Waals surface area contributed by atoms with Crippen molar-refractivity contribution >= 4 is 26.8 Å². The Bertz CT molecular complexity index is 336. The van der Waals surface area contributed by atoms with Crippen molar-refractivity contribution in [3.63, 3.8) is 0 Å². The molecule has 7 heteroatoms. The van der Waals surface area contributed by atoms with Gasteiger partial charge in [-0.1, -0.05) is 27.7 Å². The number of likely N-dealkylation sites (N-methyl/N-ethyl adjacent to an activating group) is 2. The highest BCUT2D eigenvalue weighted by atomic mass is 33.1. The van der Waals surface area contributed by atoms with Gasteiger partial charge in [0.05, 0.1) is 13.1 Å². The van der Waals surface area contributed by atoms with Crippen molar-refractivity contribution in [3.8, 4) is 0 Å². The van der Waals surface area contributed by atoms with Gasteiger partial charge in [0, 0.05) is 23.9 Å². The number of rotatable bonds is 11. The summed E-state index contributed by atoms with van der Waals surface area (Å²) in [6.07, 6.45) is 0. The van der Waals surface area contributed by atoms with E-state index in [1.165, 1.54) is 5.17 Å². The third-order valence-electron chi connectivity index (χ3n) is 4.38. The average molecular weight is 363 g/mol. The minimum atomic E-state index is 0.374. The molecule has 1 saturated heterocycles. The van der Waals surface area contributed by atoms with E-state index in [0.29, 0.717) is 5.50 Å². The molecule has 0 saturated carbocycles. The predicted molar refractivity (Wildman–Crippen MR) is 106 cm³/mol. The summed E-state index contributed by atoms with van der Waals surface area (Å²) >= 11 is 0. The van der Waals surface area contributed by atoms with Crippen LogP contribution in [-0.4, -0.2) is 96.4 Å². The van der Waals surface area contributed by atoms with Gasteiger partial charge in [0.1, 0.15) is 0 Å². The zero-order valence-corrected chi connectivity index (χ0v) is 17.5. The van der Waals surface area contributed by atoms with Crippen molar-refractivity contribution in [1.29, 1.82) is 0 Å². The van der Waals surface area contributed by atoms with Gasteiger partial charge in [-0.2, -0.15) is 0 Å². The molecule has 0 aliphatic carbocycles. The van der Waals surface area contributed by atoms with Crippen LogP contribution >= 0.6 is 21.6 Å². The number of nitrogens with zero attached hydrogens (tertiary/aromatic N) is 4. The third kappa shape index (κ3) is 7.22. The molecule has 1 rings (SSSR count). The third-order valence-corrected chi connectivity index (χ3v) is 7.04. The Morgan fingerprint density at radius 2 is 1.39 bits per heavy atom. The first kappa shape index (κ1) is 21.1. The molecule has 1 aliphatic heterocycles. The van der Waals surface area contributed by atoms with E-state index in [4.69, 9.17) is 0 Å². The Labute approximate surface area is 151 Å². The van der Waals surface area contributed by atoms with E-state index >= 15 is 0 Å². The quantitative estimate of drug-likeness (QED) is 0.445. The van der Waals surface area contributed by atoms with Gasteiger partial charge in [0.15, 0.2) is 0 Å². The van der Waals surface area contributed by atoms with Crippen LogP contribution in [0.3, 0.4) is 0 Å². The summed E-state index contributed by atoms with van der Waals surface area (Å²) in [4.78, 5) is 7.24. The Morgan fingerprint density at radius 1 is 0.913 bits per heavy atom. The molecular formula is C16H36N5S2+. The Hall–Kier alpha value is 0.0500. The van der Waals surface area contributed by atoms with Crippen molar-refractivity contribution < 1.29 is 4.58 Å². The first-order chi connectivity index (χ1) is 11.0. The van der Waals surface area contributed by atoms with Crippen LogP contribution in [-0.2, 0) is 0 Å². The van der Waals surface area contributed by atoms with E-state index in [9.17, 15) is 0 Å². The molecule has 0 aromatic carbocycles. The fraction of sp³-hybridized carbons (Fsp3) is 0.938. The summed E-state index contributed by atoms with van der Waals surface area (Å²) < 4.78 is 2.54. The molecule has 23 heavy (non-hydrogen) atoms. The van der Waals surface area contributed by atoms with Gasteiger partial charge in [0.2, 0.25) is 5.50 Å². The number of hydrogen-bond donors (Lipinski definition) is 1. The van der Waals surface area contributed by atoms with Gasteiger partial charge in [-0.25, -0.2) is 5.32 Å². The van der Waals surface area contributed by atoms with Gasteiger partial charge >= 0.3 is 5.17 Å². The van der Waals surface area contributed by atoms with Crippen molar-refractivity contribution in [3.05, 3.63) is 0 Å². The highest BCUT2D eigenvalue weighted by Crippen LogP contribution is 2.33. The molecule has 0 spiro atoms. The highest BCUT2D eigenvalue weighted by Gasteiger charge is 2.32. The maximum Gasteiger partial charge on any atom is 0.319 e. The van der Waals surface area contributed by atoms with Crippen LogP contribution in [0.2, 0.25) is 0 Å². The molecule has 5 nitrogen and oxygen atoms in total. The molecule has 1 unspecified atom stereocenters. The lowest BCUT2D eigenvalue weighted by atomic mass is 10.4. The van der Waals surface area contributed by atoms with Crippen molar-refractivity contribution in [2.24, 2.45) is 0 Å². The van der Waals surface area contributed by atoms with Crippen LogP contribution < -0.4 is 5.32 Å². The van der Waals surface area contributed by atoms with Gasteiger partial charge in [-0.3, -0.25) is 19.3 Å². The van der Waals surface area contributed by atoms with E-state index in [1.54, 1.807) is 0 Å². The Kier molecular flexibility index (Phi) is 10.6. The van der Waals surface area contributed by atoms with Gasteiger partial charge in [0.25, 0.3) is 0 Å². The van der Waals surface area contributed by atoms with E-state index in [-0.39, 0.29) is 0 Å². The summed E-state index contributed by atoms with van der Waals surface area (Å²) in [7, 11) is 8.05. The number of nitrogens with one attached hydrogen (secondary N) is 1. The summed E-state index contributed by atoms with van der Waals surface area (Å²) in [6.45, 7) is 18.0. The van der Waals surface area contributed by atoms with Crippen LogP contribution in [0.25, 0.3) is 0 Å². The molecular weight excluding hydrogens is 326 g/mol. The van der Waals surface area contributed by atoms with Crippen LogP contribution in [0.1, 0.15) is 27.7 Å². The first-order valence-electron chi connectivity index (χ1n) is 8.88. The number of amidine groups is 1. The molecule has 1 heterocycles. The minimum Gasteiger partial charge on any atom is -0.300 e. The molecule has 136 valence electrons. The van der Waals surface area contributed by atoms with Crippen LogP contribution in [0.5, 0.6) is 0 Å². The summed E-state index contributed by atoms with van der Waals surface area (Å²) in [5.41, 5.74) is 0.374. The minimum absolute atomic E-state index is 0.374. The summed E-state index contributed by atoms with van der Waals surface area (Å²) in [5, 5.41) is 4.99. The summed E-state index contributed by atoms with van der Waals surface area (Å²) in [6, 6.07) is 0. The number of hydrogen-bond acceptors (Lipinski definition) is 5. The summed E-state index contributed by atoms with van der Waals surface area (Å²) in [5.74, 6) is 0. The SMILES string of the molecule is CCN(CC)CC[N+](CCN(CC)CC)=C1NC(N(C)C)SS1. The molecule has 0 radical (unpaired) electrons. The highest BCUT2D eigenvalue weighted by molar-refractivity contribution is 8.83. The second-order valence-electron chi connectivity index (χ2n) is 5.99. The largest absolute Gasteiger partial charge is 0.319 e. The zero-order chi connectivity index (χ0) is 17.2. The molecule has 0 aromatic rings. The van der Waals surface area contributed by atoms with Crippen LogP contribution in [0.4, 0.5) is 0 Å². The van der Waals surface area contributed by atoms with E-state index < -0.39 is 0 Å². The van der Waals surface area contributed by atoms with Crippen LogP contribution in [0.15, 0.2) is 0 Å². The van der Waals surface area contributed by atoms with Crippen molar-refractivity contribution in [2.45, 2.75) is 33.2 Å². The smallest absolute Gasteiger partial charge is 0.300 e. The first-order valence-corrected chi connectivity index (χ1v) is 11.1. The Balaban J connectivity index is 2.71. The monoisotopic (exact) mass is 362 g/mol. The van der Waals surface area contributed by atoms with Crippen LogP contribution in [0, 0.1) is 0 Å². The maximum atomic E-state index is 3.67. The average Bonchev–Trinajstić information content (AvgIpc) is 3.04. The fourth-order valence-electron chi connectivity index (χ4n) is 2.52. The van der Waals surface area contributed by atoms with Gasteiger partial charge in [-0.05, 0) is 51.1 Å². The lowest BCUT2D eigenvalue weighted by Gasteiger charge is -2.21. The molecule has 0 amide bonds. The van der Waals surface area contributed by atoms with E-state index in [2.05, 4.69) is 66.4 Å². The predicted octanol–water partition coefficient (Wildman–Crippen LogP) is 1.87. The molecule has 1 aliphatic rings. The van der Waals surface area contributed by atoms with Crippen molar-refractivity contribution in [1.82, 2.24) is 20.0 Å². The molecule has 1 fully saturated rings. The molecule has 0 bridgehead atoms. The normalized spacial score (nSPS) is 18.3. The topological polar surface area (TPSA) is 24.8 Å². The fourth-order valence-corrected chi connectivity index (χ4v) is 5.23. The lowest BCUT2D eigenvalue weighted by Crippen LogP contribution is -2.43.